The number of nitrogens with one attached hydrogen (secondary N) is 1. The number of hydrogen-bond donors (Lipinski definition) is 2. The molecule has 0 aliphatic carbocycles. The van der Waals surface area contributed by atoms with Crippen LogP contribution in [0.15, 0.2) is 24.3 Å². The van der Waals surface area contributed by atoms with Crippen molar-refractivity contribution in [3.05, 3.63) is 35.4 Å². The number of aliphatic hydroxyl groups excluding tert-OH is 1. The van der Waals surface area contributed by atoms with Gasteiger partial charge in [-0.1, -0.05) is 36.8 Å². The molecule has 1 aromatic carbocycles. The third-order valence-electron chi connectivity index (χ3n) is 2.67. The van der Waals surface area contributed by atoms with Gasteiger partial charge in [-0.2, -0.15) is 0 Å². The molecule has 2 atom stereocenters. The summed E-state index contributed by atoms with van der Waals surface area (Å²) in [6.45, 7) is 6.86. The van der Waals surface area contributed by atoms with E-state index in [0.717, 1.165) is 6.42 Å². The van der Waals surface area contributed by atoms with E-state index in [2.05, 4.69) is 43.4 Å². The Labute approximate surface area is 92.3 Å². The number of aryl methyl sites for hydroxylation is 1. The Balaban J connectivity index is 2.50. The van der Waals surface area contributed by atoms with Crippen LogP contribution in [-0.4, -0.2) is 17.8 Å². The summed E-state index contributed by atoms with van der Waals surface area (Å²) in [7, 11) is 0. The van der Waals surface area contributed by atoms with Gasteiger partial charge in [-0.3, -0.25) is 0 Å². The molecule has 0 aliphatic rings. The van der Waals surface area contributed by atoms with Gasteiger partial charge in [0.2, 0.25) is 0 Å². The van der Waals surface area contributed by atoms with E-state index in [-0.39, 0.29) is 6.10 Å². The highest BCUT2D eigenvalue weighted by Crippen LogP contribution is 2.13. The molecule has 0 saturated heterocycles. The van der Waals surface area contributed by atoms with Gasteiger partial charge in [-0.15, -0.1) is 0 Å². The van der Waals surface area contributed by atoms with Crippen molar-refractivity contribution >= 4 is 0 Å². The molecule has 0 aromatic heterocycles. The van der Waals surface area contributed by atoms with Gasteiger partial charge in [-0.05, 0) is 25.8 Å². The molecule has 0 radical (unpaired) electrons. The van der Waals surface area contributed by atoms with Gasteiger partial charge < -0.3 is 10.4 Å². The lowest BCUT2D eigenvalue weighted by atomic mass is 10.1. The fourth-order valence-corrected chi connectivity index (χ4v) is 1.51. The predicted octanol–water partition coefficient (Wildman–Crippen LogP) is 2.42. The van der Waals surface area contributed by atoms with Crippen LogP contribution in [0.4, 0.5) is 0 Å². The summed E-state index contributed by atoms with van der Waals surface area (Å²) in [6.07, 6.45) is 0.560. The fraction of sp³-hybridized carbons (Fsp3) is 0.538. The van der Waals surface area contributed by atoms with Gasteiger partial charge in [0.1, 0.15) is 0 Å². The van der Waals surface area contributed by atoms with Gasteiger partial charge in [0.15, 0.2) is 0 Å². The largest absolute Gasteiger partial charge is 0.392 e. The molecule has 15 heavy (non-hydrogen) atoms. The summed E-state index contributed by atoms with van der Waals surface area (Å²) in [5.74, 6) is 0. The normalized spacial score (nSPS) is 14.9. The third kappa shape index (κ3) is 4.02. The van der Waals surface area contributed by atoms with Crippen molar-refractivity contribution in [2.24, 2.45) is 0 Å². The molecule has 0 aliphatic heterocycles. The molecule has 0 fully saturated rings. The Morgan fingerprint density at radius 2 is 2.13 bits per heavy atom. The second-order valence-electron chi connectivity index (χ2n) is 4.11. The van der Waals surface area contributed by atoms with Crippen LogP contribution in [0.1, 0.15) is 37.4 Å². The van der Waals surface area contributed by atoms with Crippen molar-refractivity contribution in [1.29, 1.82) is 0 Å². The van der Waals surface area contributed by atoms with E-state index in [1.807, 2.05) is 6.92 Å². The number of aliphatic hydroxyl groups is 1. The van der Waals surface area contributed by atoms with Crippen LogP contribution in [0.5, 0.6) is 0 Å². The Kier molecular flexibility index (Phi) is 4.79. The fourth-order valence-electron chi connectivity index (χ4n) is 1.51. The average Bonchev–Trinajstić information content (AvgIpc) is 2.25. The minimum atomic E-state index is -0.239. The Bertz CT molecular complexity index is 298. The molecule has 84 valence electrons. The number of benzene rings is 1. The van der Waals surface area contributed by atoms with Crippen molar-refractivity contribution in [2.45, 2.75) is 39.3 Å². The molecule has 0 amide bonds. The molecule has 0 heterocycles. The van der Waals surface area contributed by atoms with Gasteiger partial charge >= 0.3 is 0 Å². The lowest BCUT2D eigenvalue weighted by molar-refractivity contribution is 0.164. The van der Waals surface area contributed by atoms with E-state index in [1.165, 1.54) is 11.1 Å². The Morgan fingerprint density at radius 1 is 1.40 bits per heavy atom. The minimum Gasteiger partial charge on any atom is -0.392 e. The molecule has 2 N–H and O–H groups in total. The van der Waals surface area contributed by atoms with E-state index in [4.69, 9.17) is 0 Å². The van der Waals surface area contributed by atoms with Crippen LogP contribution in [-0.2, 0) is 0 Å². The summed E-state index contributed by atoms with van der Waals surface area (Å²) < 4.78 is 0. The molecule has 1 rings (SSSR count). The smallest absolute Gasteiger partial charge is 0.0662 e. The average molecular weight is 207 g/mol. The number of rotatable bonds is 5. The first kappa shape index (κ1) is 12.2. The molecule has 1 aromatic rings. The summed E-state index contributed by atoms with van der Waals surface area (Å²) in [5, 5.41) is 12.8. The van der Waals surface area contributed by atoms with Crippen LogP contribution in [0.25, 0.3) is 0 Å². The summed E-state index contributed by atoms with van der Waals surface area (Å²) >= 11 is 0. The van der Waals surface area contributed by atoms with Crippen LogP contribution < -0.4 is 5.32 Å². The standard InChI is InChI=1S/C13H21NO/c1-4-13(15)9-14-11(3)12-7-5-6-10(2)8-12/h5-8,11,13-15H,4,9H2,1-3H3/t11-,13?/m0/s1. The van der Waals surface area contributed by atoms with Crippen LogP contribution in [0, 0.1) is 6.92 Å². The first-order valence-electron chi connectivity index (χ1n) is 5.61. The SMILES string of the molecule is CCC(O)CN[C@@H](C)c1cccc(C)c1. The van der Waals surface area contributed by atoms with Crippen molar-refractivity contribution < 1.29 is 5.11 Å². The Hall–Kier alpha value is -0.860. The van der Waals surface area contributed by atoms with Crippen molar-refractivity contribution in [3.63, 3.8) is 0 Å². The number of hydrogen-bond acceptors (Lipinski definition) is 2. The maximum absolute atomic E-state index is 9.45. The van der Waals surface area contributed by atoms with Gasteiger partial charge in [-0.25, -0.2) is 0 Å². The van der Waals surface area contributed by atoms with E-state index in [0.29, 0.717) is 12.6 Å². The summed E-state index contributed by atoms with van der Waals surface area (Å²) in [4.78, 5) is 0. The van der Waals surface area contributed by atoms with E-state index in [1.54, 1.807) is 0 Å². The van der Waals surface area contributed by atoms with Gasteiger partial charge in [0.05, 0.1) is 6.10 Å². The molecule has 2 nitrogen and oxygen atoms in total. The maximum atomic E-state index is 9.45. The van der Waals surface area contributed by atoms with Crippen molar-refractivity contribution in [2.75, 3.05) is 6.54 Å². The lowest BCUT2D eigenvalue weighted by Gasteiger charge is -2.17. The Morgan fingerprint density at radius 3 is 2.73 bits per heavy atom. The lowest BCUT2D eigenvalue weighted by Crippen LogP contribution is -2.28. The second kappa shape index (κ2) is 5.89. The molecule has 0 saturated carbocycles. The first-order valence-corrected chi connectivity index (χ1v) is 5.61. The van der Waals surface area contributed by atoms with Crippen LogP contribution >= 0.6 is 0 Å². The zero-order valence-corrected chi connectivity index (χ0v) is 9.83. The monoisotopic (exact) mass is 207 g/mol. The quantitative estimate of drug-likeness (QED) is 0.777. The second-order valence-corrected chi connectivity index (χ2v) is 4.11. The van der Waals surface area contributed by atoms with Crippen LogP contribution in [0.2, 0.25) is 0 Å². The predicted molar refractivity (Wildman–Crippen MR) is 63.9 cm³/mol. The van der Waals surface area contributed by atoms with Crippen molar-refractivity contribution in [1.82, 2.24) is 5.32 Å². The highest BCUT2D eigenvalue weighted by atomic mass is 16.3. The molecular weight excluding hydrogens is 186 g/mol. The molecule has 0 spiro atoms. The molecular formula is C13H21NO. The van der Waals surface area contributed by atoms with Crippen molar-refractivity contribution in [3.8, 4) is 0 Å². The van der Waals surface area contributed by atoms with Gasteiger partial charge in [0, 0.05) is 12.6 Å². The topological polar surface area (TPSA) is 32.3 Å². The van der Waals surface area contributed by atoms with Crippen LogP contribution in [0.3, 0.4) is 0 Å². The zero-order chi connectivity index (χ0) is 11.3. The van der Waals surface area contributed by atoms with E-state index in [9.17, 15) is 5.11 Å². The van der Waals surface area contributed by atoms with E-state index < -0.39 is 0 Å². The van der Waals surface area contributed by atoms with E-state index >= 15 is 0 Å². The zero-order valence-electron chi connectivity index (χ0n) is 9.83. The first-order chi connectivity index (χ1) is 7.13. The summed E-state index contributed by atoms with van der Waals surface area (Å²) in [6, 6.07) is 8.75. The molecule has 1 unspecified atom stereocenters. The minimum absolute atomic E-state index is 0.239. The molecule has 2 heteroatoms. The molecule has 0 bridgehead atoms. The highest BCUT2D eigenvalue weighted by molar-refractivity contribution is 5.24. The van der Waals surface area contributed by atoms with Gasteiger partial charge in [0.25, 0.3) is 0 Å². The summed E-state index contributed by atoms with van der Waals surface area (Å²) in [5.41, 5.74) is 2.55. The highest BCUT2D eigenvalue weighted by Gasteiger charge is 2.06. The maximum Gasteiger partial charge on any atom is 0.0662 e. The third-order valence-corrected chi connectivity index (χ3v) is 2.67.